The number of hydrogen-bond acceptors (Lipinski definition) is 23. The minimum atomic E-state index is -2.29. The molecule has 0 aromatic rings. The Kier molecular flexibility index (Phi) is 16.6. The van der Waals surface area contributed by atoms with Crippen LogP contribution in [0.4, 0.5) is 0 Å². The Morgan fingerprint density at radius 3 is 1.80 bits per heavy atom. The molecule has 24 heteroatoms. The van der Waals surface area contributed by atoms with E-state index in [9.17, 15) is 65.4 Å². The fourth-order valence-corrected chi connectivity index (χ4v) is 6.72. The van der Waals surface area contributed by atoms with Crippen molar-refractivity contribution >= 4 is 17.9 Å². The molecule has 4 rings (SSSR count). The third-order valence-corrected chi connectivity index (χ3v) is 9.87. The molecule has 0 radical (unpaired) electrons. The predicted octanol–water partition coefficient (Wildman–Crippen LogP) is -6.57. The lowest BCUT2D eigenvalue weighted by atomic mass is 9.92. The molecular formula is C32H52O24. The van der Waals surface area contributed by atoms with Crippen molar-refractivity contribution in [3.05, 3.63) is 0 Å². The fourth-order valence-electron chi connectivity index (χ4n) is 6.72. The highest BCUT2D eigenvalue weighted by Gasteiger charge is 2.57. The summed E-state index contributed by atoms with van der Waals surface area (Å²) in [6, 6.07) is 0. The normalized spacial score (nSPS) is 45.1. The Balaban J connectivity index is 1.68. The number of esters is 2. The van der Waals surface area contributed by atoms with Crippen molar-refractivity contribution in [1.29, 1.82) is 0 Å². The Morgan fingerprint density at radius 2 is 1.23 bits per heavy atom. The topological polar surface area (TPSA) is 355 Å². The zero-order valence-electron chi connectivity index (χ0n) is 30.9. The van der Waals surface area contributed by atoms with Gasteiger partial charge in [0.15, 0.2) is 43.5 Å². The number of methoxy groups -OCH3 is 2. The number of aliphatic hydroxyl groups excluding tert-OH is 9. The molecule has 56 heavy (non-hydrogen) atoms. The maximum absolute atomic E-state index is 12.9. The van der Waals surface area contributed by atoms with Gasteiger partial charge in [-0.05, 0) is 6.92 Å². The van der Waals surface area contributed by atoms with E-state index in [2.05, 4.69) is 0 Å². The second-order valence-corrected chi connectivity index (χ2v) is 13.7. The average molecular weight is 821 g/mol. The van der Waals surface area contributed by atoms with Gasteiger partial charge in [0, 0.05) is 27.1 Å². The predicted molar refractivity (Wildman–Crippen MR) is 172 cm³/mol. The molecular weight excluding hydrogens is 768 g/mol. The van der Waals surface area contributed by atoms with Gasteiger partial charge in [-0.25, -0.2) is 9.59 Å². The van der Waals surface area contributed by atoms with Crippen molar-refractivity contribution in [3.8, 4) is 0 Å². The molecule has 0 spiro atoms. The molecule has 4 aliphatic heterocycles. The highest BCUT2D eigenvalue weighted by atomic mass is 16.8. The summed E-state index contributed by atoms with van der Waals surface area (Å²) in [5, 5.41) is 105. The quantitative estimate of drug-likeness (QED) is 0.0687. The molecule has 0 aromatic carbocycles. The van der Waals surface area contributed by atoms with Crippen molar-refractivity contribution in [2.75, 3.05) is 34.0 Å². The van der Waals surface area contributed by atoms with E-state index in [-0.39, 0.29) is 0 Å². The first-order chi connectivity index (χ1) is 26.4. The number of carboxylic acid groups (broad SMARTS) is 1. The van der Waals surface area contributed by atoms with Gasteiger partial charge in [-0.1, -0.05) is 6.92 Å². The molecule has 324 valence electrons. The molecule has 0 aromatic heterocycles. The molecule has 4 heterocycles. The number of carbonyl (C=O) groups excluding carboxylic acids is 2. The highest BCUT2D eigenvalue weighted by Crippen LogP contribution is 2.37. The van der Waals surface area contributed by atoms with Gasteiger partial charge >= 0.3 is 17.9 Å². The molecule has 24 nitrogen and oxygen atoms in total. The molecule has 10 N–H and O–H groups in total. The third kappa shape index (κ3) is 10.1. The lowest BCUT2D eigenvalue weighted by Crippen LogP contribution is -2.68. The van der Waals surface area contributed by atoms with Crippen LogP contribution in [0.1, 0.15) is 20.8 Å². The van der Waals surface area contributed by atoms with Crippen molar-refractivity contribution < 1.29 is 118 Å². The number of hydrogen-bond donors (Lipinski definition) is 10. The summed E-state index contributed by atoms with van der Waals surface area (Å²) in [6.07, 6.45) is -35.1. The maximum Gasteiger partial charge on any atom is 0.337 e. The van der Waals surface area contributed by atoms with Gasteiger partial charge in [-0.2, -0.15) is 0 Å². The van der Waals surface area contributed by atoms with Crippen LogP contribution in [0, 0.1) is 5.92 Å². The van der Waals surface area contributed by atoms with Gasteiger partial charge in [-0.15, -0.1) is 0 Å². The summed E-state index contributed by atoms with van der Waals surface area (Å²) < 4.78 is 60.6. The van der Waals surface area contributed by atoms with Crippen LogP contribution in [-0.2, 0) is 66.5 Å². The number of carbonyl (C=O) groups is 3. The third-order valence-electron chi connectivity index (χ3n) is 9.87. The smallest absolute Gasteiger partial charge is 0.337 e. The van der Waals surface area contributed by atoms with Crippen LogP contribution >= 0.6 is 0 Å². The van der Waals surface area contributed by atoms with Crippen LogP contribution < -0.4 is 0 Å². The molecule has 21 unspecified atom stereocenters. The second-order valence-electron chi connectivity index (χ2n) is 13.7. The minimum Gasteiger partial charge on any atom is -0.479 e. The van der Waals surface area contributed by atoms with E-state index in [1.54, 1.807) is 6.92 Å². The summed E-state index contributed by atoms with van der Waals surface area (Å²) in [4.78, 5) is 37.2. The molecule has 0 saturated carbocycles. The summed E-state index contributed by atoms with van der Waals surface area (Å²) in [5.41, 5.74) is 0. The van der Waals surface area contributed by atoms with Crippen LogP contribution in [0.5, 0.6) is 0 Å². The zero-order chi connectivity index (χ0) is 41.8. The number of ether oxygens (including phenoxy) is 11. The van der Waals surface area contributed by atoms with Gasteiger partial charge in [0.2, 0.25) is 0 Å². The monoisotopic (exact) mass is 820 g/mol. The van der Waals surface area contributed by atoms with Crippen LogP contribution in [-0.4, -0.2) is 226 Å². The first kappa shape index (κ1) is 46.4. The number of aliphatic hydroxyl groups is 9. The Morgan fingerprint density at radius 1 is 0.643 bits per heavy atom. The average Bonchev–Trinajstić information content (AvgIpc) is 3.16. The van der Waals surface area contributed by atoms with Crippen molar-refractivity contribution in [2.24, 2.45) is 5.92 Å². The van der Waals surface area contributed by atoms with E-state index in [0.29, 0.717) is 0 Å². The summed E-state index contributed by atoms with van der Waals surface area (Å²) in [6.45, 7) is 1.42. The zero-order valence-corrected chi connectivity index (χ0v) is 30.9. The number of rotatable bonds is 15. The molecule has 21 atom stereocenters. The Hall–Kier alpha value is -2.31. The number of aliphatic carboxylic acids is 1. The van der Waals surface area contributed by atoms with E-state index >= 15 is 0 Å². The summed E-state index contributed by atoms with van der Waals surface area (Å²) in [7, 11) is 2.49. The van der Waals surface area contributed by atoms with Gasteiger partial charge < -0.3 is 103 Å². The first-order valence-electron chi connectivity index (χ1n) is 17.6. The standard InChI is InChI=1S/C32H52O24/c1-9-15(37)21(46-4)10(2)49-29(9)54-23-16(38)14(8-48-11(3)35)51-32(26(23)52-28(45)12(36)6-33)55-24-18(40)20(42)31(56-25(24)27(43)44)53-22-13(7-34)50-30(47-5)19(41)17(22)39/h9-10,12-26,29-34,36-42H,6-8H2,1-5H3,(H,43,44). The highest BCUT2D eigenvalue weighted by molar-refractivity contribution is 5.75. The van der Waals surface area contributed by atoms with E-state index in [1.165, 1.54) is 14.0 Å². The van der Waals surface area contributed by atoms with E-state index in [4.69, 9.17) is 52.1 Å². The second kappa shape index (κ2) is 20.1. The largest absolute Gasteiger partial charge is 0.479 e. The van der Waals surface area contributed by atoms with Crippen LogP contribution in [0.3, 0.4) is 0 Å². The first-order valence-corrected chi connectivity index (χ1v) is 17.6. The Bertz CT molecular complexity index is 1290. The van der Waals surface area contributed by atoms with E-state index in [1.807, 2.05) is 0 Å². The van der Waals surface area contributed by atoms with Crippen molar-refractivity contribution in [2.45, 2.75) is 144 Å². The van der Waals surface area contributed by atoms with Crippen LogP contribution in [0.25, 0.3) is 0 Å². The molecule has 0 aliphatic carbocycles. The van der Waals surface area contributed by atoms with Gasteiger partial charge in [0.1, 0.15) is 73.8 Å². The van der Waals surface area contributed by atoms with Gasteiger partial charge in [-0.3, -0.25) is 4.79 Å². The van der Waals surface area contributed by atoms with Crippen LogP contribution in [0.2, 0.25) is 0 Å². The fraction of sp³-hybridized carbons (Fsp3) is 0.906. The molecule has 4 aliphatic rings. The van der Waals surface area contributed by atoms with Crippen molar-refractivity contribution in [3.63, 3.8) is 0 Å². The summed E-state index contributed by atoms with van der Waals surface area (Å²) in [5.74, 6) is -5.08. The molecule has 4 fully saturated rings. The Labute approximate surface area is 319 Å². The molecule has 4 saturated heterocycles. The minimum absolute atomic E-state index is 0.708. The SMILES string of the molecule is COC1OC(CO)C(OC2OC(C(=O)O)C(OC3OC(COC(C)=O)C(O)C(OC4OC(C)C(OC)C(O)C4C)C3OC(=O)C(O)CO)C(O)C2O)C(O)C1O. The van der Waals surface area contributed by atoms with E-state index < -0.39 is 166 Å². The maximum atomic E-state index is 12.9. The van der Waals surface area contributed by atoms with E-state index in [0.717, 1.165) is 14.0 Å². The van der Waals surface area contributed by atoms with Crippen LogP contribution in [0.15, 0.2) is 0 Å². The van der Waals surface area contributed by atoms with Gasteiger partial charge in [0.05, 0.1) is 25.4 Å². The lowest BCUT2D eigenvalue weighted by Gasteiger charge is -2.49. The lowest BCUT2D eigenvalue weighted by molar-refractivity contribution is -0.383. The summed E-state index contributed by atoms with van der Waals surface area (Å²) >= 11 is 0. The number of carboxylic acids is 1. The van der Waals surface area contributed by atoms with Crippen molar-refractivity contribution in [1.82, 2.24) is 0 Å². The van der Waals surface area contributed by atoms with Gasteiger partial charge in [0.25, 0.3) is 0 Å². The molecule has 0 bridgehead atoms. The molecule has 0 amide bonds.